The molecule has 4 N–H and O–H groups in total. The lowest BCUT2D eigenvalue weighted by atomic mass is 9.98. The highest BCUT2D eigenvalue weighted by Gasteiger charge is 2.07. The SMILES string of the molecule is CN=C(NCCC(C)c1ccc(OC)cc1)NCc1ccc(C(N)=O)cc1.I. The lowest BCUT2D eigenvalue weighted by Gasteiger charge is -2.15. The summed E-state index contributed by atoms with van der Waals surface area (Å²) in [6.07, 6.45) is 0.986. The van der Waals surface area contributed by atoms with Crippen LogP contribution >= 0.6 is 24.0 Å². The van der Waals surface area contributed by atoms with Gasteiger partial charge in [0.25, 0.3) is 0 Å². The quantitative estimate of drug-likeness (QED) is 0.298. The van der Waals surface area contributed by atoms with Crippen molar-refractivity contribution in [3.05, 3.63) is 65.2 Å². The van der Waals surface area contributed by atoms with Crippen LogP contribution in [0.5, 0.6) is 5.75 Å². The van der Waals surface area contributed by atoms with Crippen LogP contribution in [0, 0.1) is 0 Å². The van der Waals surface area contributed by atoms with Gasteiger partial charge in [0.1, 0.15) is 5.75 Å². The van der Waals surface area contributed by atoms with Crippen molar-refractivity contribution in [1.82, 2.24) is 10.6 Å². The van der Waals surface area contributed by atoms with Crippen molar-refractivity contribution < 1.29 is 9.53 Å². The van der Waals surface area contributed by atoms with Crippen molar-refractivity contribution in [2.75, 3.05) is 20.7 Å². The molecule has 0 saturated heterocycles. The number of nitrogens with two attached hydrogens (primary N) is 1. The molecule has 2 rings (SSSR count). The summed E-state index contributed by atoms with van der Waals surface area (Å²) in [5.41, 5.74) is 8.10. The third-order valence-electron chi connectivity index (χ3n) is 4.48. The van der Waals surface area contributed by atoms with E-state index in [9.17, 15) is 4.79 Å². The van der Waals surface area contributed by atoms with Crippen molar-refractivity contribution in [3.8, 4) is 5.75 Å². The Bertz CT molecular complexity index is 761. The average Bonchev–Trinajstić information content (AvgIpc) is 2.70. The number of amides is 1. The molecular weight excluding hydrogens is 467 g/mol. The fourth-order valence-electron chi connectivity index (χ4n) is 2.70. The van der Waals surface area contributed by atoms with Crippen molar-refractivity contribution in [3.63, 3.8) is 0 Å². The van der Waals surface area contributed by atoms with Gasteiger partial charge in [0.05, 0.1) is 7.11 Å². The van der Waals surface area contributed by atoms with Gasteiger partial charge < -0.3 is 21.1 Å². The number of primary amides is 1. The zero-order valence-corrected chi connectivity index (χ0v) is 18.9. The van der Waals surface area contributed by atoms with Gasteiger partial charge in [0.2, 0.25) is 5.91 Å². The number of hydrogen-bond donors (Lipinski definition) is 3. The number of aliphatic imine (C=N–C) groups is 1. The van der Waals surface area contributed by atoms with E-state index in [1.807, 2.05) is 24.3 Å². The number of nitrogens with zero attached hydrogens (tertiary/aromatic N) is 1. The second kappa shape index (κ2) is 12.2. The maximum Gasteiger partial charge on any atom is 0.248 e. The second-order valence-corrected chi connectivity index (χ2v) is 6.38. The largest absolute Gasteiger partial charge is 0.497 e. The van der Waals surface area contributed by atoms with Gasteiger partial charge in [-0.2, -0.15) is 0 Å². The normalized spacial score (nSPS) is 11.9. The minimum absolute atomic E-state index is 0. The molecular formula is C21H29IN4O2. The lowest BCUT2D eigenvalue weighted by molar-refractivity contribution is 0.100. The van der Waals surface area contributed by atoms with Gasteiger partial charge in [-0.3, -0.25) is 9.79 Å². The van der Waals surface area contributed by atoms with E-state index in [4.69, 9.17) is 10.5 Å². The summed E-state index contributed by atoms with van der Waals surface area (Å²) in [5, 5.41) is 6.60. The first-order valence-corrected chi connectivity index (χ1v) is 9.00. The molecule has 0 aromatic heterocycles. The molecule has 0 aliphatic heterocycles. The van der Waals surface area contributed by atoms with Crippen LogP contribution in [0.25, 0.3) is 0 Å². The van der Waals surface area contributed by atoms with Gasteiger partial charge in [0, 0.05) is 25.7 Å². The van der Waals surface area contributed by atoms with Gasteiger partial charge >= 0.3 is 0 Å². The van der Waals surface area contributed by atoms with Gasteiger partial charge in [0.15, 0.2) is 5.96 Å². The van der Waals surface area contributed by atoms with Gasteiger partial charge in [-0.1, -0.05) is 31.2 Å². The molecule has 6 nitrogen and oxygen atoms in total. The van der Waals surface area contributed by atoms with Crippen LogP contribution in [0.1, 0.15) is 40.7 Å². The zero-order chi connectivity index (χ0) is 19.6. The maximum atomic E-state index is 11.1. The van der Waals surface area contributed by atoms with Gasteiger partial charge in [-0.05, 0) is 47.7 Å². The molecule has 152 valence electrons. The van der Waals surface area contributed by atoms with Crippen LogP contribution in [0.4, 0.5) is 0 Å². The van der Waals surface area contributed by atoms with Crippen LogP contribution in [-0.4, -0.2) is 32.6 Å². The first-order valence-electron chi connectivity index (χ1n) is 9.00. The summed E-state index contributed by atoms with van der Waals surface area (Å²) in [4.78, 5) is 15.3. The van der Waals surface area contributed by atoms with Crippen molar-refractivity contribution in [1.29, 1.82) is 0 Å². The van der Waals surface area contributed by atoms with E-state index in [1.165, 1.54) is 5.56 Å². The predicted octanol–water partition coefficient (Wildman–Crippen LogP) is 3.27. The Balaban J connectivity index is 0.00000392. The Morgan fingerprint density at radius 3 is 2.29 bits per heavy atom. The zero-order valence-electron chi connectivity index (χ0n) is 16.6. The van der Waals surface area contributed by atoms with E-state index >= 15 is 0 Å². The molecule has 0 aliphatic rings. The van der Waals surface area contributed by atoms with E-state index in [2.05, 4.69) is 34.7 Å². The lowest BCUT2D eigenvalue weighted by Crippen LogP contribution is -2.37. The van der Waals surface area contributed by atoms with Crippen LogP contribution in [-0.2, 0) is 6.54 Å². The van der Waals surface area contributed by atoms with Crippen molar-refractivity contribution >= 4 is 35.8 Å². The highest BCUT2D eigenvalue weighted by Crippen LogP contribution is 2.21. The summed E-state index contributed by atoms with van der Waals surface area (Å²) in [7, 11) is 3.42. The summed E-state index contributed by atoms with van der Waals surface area (Å²) in [5.74, 6) is 1.63. The fraction of sp³-hybridized carbons (Fsp3) is 0.333. The number of halogens is 1. The minimum Gasteiger partial charge on any atom is -0.497 e. The number of benzene rings is 2. The first kappa shape index (κ1) is 23.7. The molecule has 7 heteroatoms. The number of guanidine groups is 1. The Morgan fingerprint density at radius 2 is 1.75 bits per heavy atom. The number of ether oxygens (including phenoxy) is 1. The number of carbonyl (C=O) groups excluding carboxylic acids is 1. The summed E-state index contributed by atoms with van der Waals surface area (Å²) in [6, 6.07) is 15.4. The Kier molecular flexibility index (Phi) is 10.4. The smallest absolute Gasteiger partial charge is 0.248 e. The van der Waals surface area contributed by atoms with Crippen LogP contribution in [0.2, 0.25) is 0 Å². The van der Waals surface area contributed by atoms with Crippen molar-refractivity contribution in [2.24, 2.45) is 10.7 Å². The number of carbonyl (C=O) groups is 1. The molecule has 2 aromatic carbocycles. The Labute approximate surface area is 184 Å². The molecule has 1 atom stereocenters. The fourth-order valence-corrected chi connectivity index (χ4v) is 2.70. The predicted molar refractivity (Wildman–Crippen MR) is 125 cm³/mol. The van der Waals surface area contributed by atoms with Crippen LogP contribution < -0.4 is 21.1 Å². The number of hydrogen-bond acceptors (Lipinski definition) is 3. The summed E-state index contributed by atoms with van der Waals surface area (Å²) >= 11 is 0. The topological polar surface area (TPSA) is 88.7 Å². The van der Waals surface area contributed by atoms with Crippen LogP contribution in [0.15, 0.2) is 53.5 Å². The standard InChI is InChI=1S/C21H28N4O2.HI/c1-15(17-8-10-19(27-3)11-9-17)12-13-24-21(23-2)25-14-16-4-6-18(7-5-16)20(22)26;/h4-11,15H,12-14H2,1-3H3,(H2,22,26)(H2,23,24,25);1H. The number of methoxy groups -OCH3 is 1. The third-order valence-corrected chi connectivity index (χ3v) is 4.48. The molecule has 2 aromatic rings. The Hall–Kier alpha value is -2.29. The molecule has 0 fully saturated rings. The van der Waals surface area contributed by atoms with E-state index in [-0.39, 0.29) is 24.0 Å². The molecule has 28 heavy (non-hydrogen) atoms. The number of rotatable bonds is 8. The maximum absolute atomic E-state index is 11.1. The molecule has 1 unspecified atom stereocenters. The van der Waals surface area contributed by atoms with Gasteiger partial charge in [-0.25, -0.2) is 0 Å². The average molecular weight is 496 g/mol. The van der Waals surface area contributed by atoms with E-state index in [1.54, 1.807) is 26.3 Å². The molecule has 0 heterocycles. The number of nitrogens with one attached hydrogen (secondary N) is 2. The molecule has 1 amide bonds. The Morgan fingerprint density at radius 1 is 1.11 bits per heavy atom. The molecule has 0 aliphatic carbocycles. The minimum atomic E-state index is -0.419. The second-order valence-electron chi connectivity index (χ2n) is 6.38. The monoisotopic (exact) mass is 496 g/mol. The molecule has 0 saturated carbocycles. The molecule has 0 radical (unpaired) electrons. The molecule has 0 bridgehead atoms. The van der Waals surface area contributed by atoms with E-state index in [0.717, 1.165) is 30.2 Å². The summed E-state index contributed by atoms with van der Waals surface area (Å²) in [6.45, 7) is 3.64. The molecule has 0 spiro atoms. The van der Waals surface area contributed by atoms with Crippen LogP contribution in [0.3, 0.4) is 0 Å². The van der Waals surface area contributed by atoms with E-state index in [0.29, 0.717) is 18.0 Å². The van der Waals surface area contributed by atoms with Gasteiger partial charge in [-0.15, -0.1) is 24.0 Å². The van der Waals surface area contributed by atoms with Crippen molar-refractivity contribution in [2.45, 2.75) is 25.8 Å². The van der Waals surface area contributed by atoms with E-state index < -0.39 is 5.91 Å². The summed E-state index contributed by atoms with van der Waals surface area (Å²) < 4.78 is 5.20. The first-order chi connectivity index (χ1) is 13.0. The highest BCUT2D eigenvalue weighted by atomic mass is 127. The highest BCUT2D eigenvalue weighted by molar-refractivity contribution is 14.0. The third kappa shape index (κ3) is 7.38.